The SMILES string of the molecule is CCCN1C(=O)C(SCCCCCCO)c2cc(F)ccc21. The zero-order chi connectivity index (χ0) is 15.9. The molecule has 1 aliphatic rings. The Morgan fingerprint density at radius 1 is 1.27 bits per heavy atom. The van der Waals surface area contributed by atoms with Gasteiger partial charge in [0.25, 0.3) is 0 Å². The van der Waals surface area contributed by atoms with Crippen molar-refractivity contribution in [2.75, 3.05) is 23.8 Å². The van der Waals surface area contributed by atoms with E-state index in [2.05, 4.69) is 0 Å². The van der Waals surface area contributed by atoms with E-state index < -0.39 is 0 Å². The number of carbonyl (C=O) groups excluding carboxylic acids is 1. The van der Waals surface area contributed by atoms with Crippen molar-refractivity contribution in [3.63, 3.8) is 0 Å². The molecule has 1 N–H and O–H groups in total. The van der Waals surface area contributed by atoms with Gasteiger partial charge in [-0.15, -0.1) is 11.8 Å². The van der Waals surface area contributed by atoms with E-state index in [9.17, 15) is 9.18 Å². The molecule has 122 valence electrons. The lowest BCUT2D eigenvalue weighted by atomic mass is 10.1. The first-order valence-electron chi connectivity index (χ1n) is 8.02. The van der Waals surface area contributed by atoms with Gasteiger partial charge in [0.05, 0.1) is 0 Å². The van der Waals surface area contributed by atoms with Crippen molar-refractivity contribution >= 4 is 23.4 Å². The minimum absolute atomic E-state index is 0.0859. The summed E-state index contributed by atoms with van der Waals surface area (Å²) >= 11 is 1.61. The number of carbonyl (C=O) groups is 1. The van der Waals surface area contributed by atoms with Gasteiger partial charge in [0, 0.05) is 24.4 Å². The number of rotatable bonds is 9. The molecule has 1 amide bonds. The smallest absolute Gasteiger partial charge is 0.244 e. The highest BCUT2D eigenvalue weighted by molar-refractivity contribution is 8.00. The van der Waals surface area contributed by atoms with E-state index in [-0.39, 0.29) is 23.6 Å². The first-order chi connectivity index (χ1) is 10.7. The van der Waals surface area contributed by atoms with Crippen LogP contribution in [-0.4, -0.2) is 29.9 Å². The highest BCUT2D eigenvalue weighted by Gasteiger charge is 2.37. The fourth-order valence-corrected chi connectivity index (χ4v) is 4.00. The third kappa shape index (κ3) is 4.02. The summed E-state index contributed by atoms with van der Waals surface area (Å²) in [5.74, 6) is 0.693. The van der Waals surface area contributed by atoms with Gasteiger partial charge in [-0.05, 0) is 43.2 Å². The quantitative estimate of drug-likeness (QED) is 0.700. The van der Waals surface area contributed by atoms with Gasteiger partial charge in [0.1, 0.15) is 11.1 Å². The minimum Gasteiger partial charge on any atom is -0.396 e. The fraction of sp³-hybridized carbons (Fsp3) is 0.588. The predicted molar refractivity (Wildman–Crippen MR) is 89.8 cm³/mol. The number of aliphatic hydroxyl groups excluding tert-OH is 1. The summed E-state index contributed by atoms with van der Waals surface area (Å²) < 4.78 is 13.5. The third-order valence-corrected chi connectivity index (χ3v) is 5.15. The van der Waals surface area contributed by atoms with Crippen LogP contribution >= 0.6 is 11.8 Å². The van der Waals surface area contributed by atoms with E-state index in [1.807, 2.05) is 6.92 Å². The number of halogens is 1. The number of anilines is 1. The van der Waals surface area contributed by atoms with Gasteiger partial charge in [0.2, 0.25) is 5.91 Å². The van der Waals surface area contributed by atoms with Crippen molar-refractivity contribution in [3.05, 3.63) is 29.6 Å². The summed E-state index contributed by atoms with van der Waals surface area (Å²) in [6.07, 6.45) is 4.82. The van der Waals surface area contributed by atoms with Crippen LogP contribution in [0.2, 0.25) is 0 Å². The lowest BCUT2D eigenvalue weighted by Crippen LogP contribution is -2.28. The third-order valence-electron chi connectivity index (χ3n) is 3.84. The Hall–Kier alpha value is -1.07. The van der Waals surface area contributed by atoms with Crippen LogP contribution in [0.5, 0.6) is 0 Å². The fourth-order valence-electron chi connectivity index (χ4n) is 2.76. The standard InChI is InChI=1S/C17H24FNO2S/c1-2-9-19-15-8-7-13(18)12-14(15)16(17(19)21)22-11-6-4-3-5-10-20/h7-8,12,16,20H,2-6,9-11H2,1H3. The normalized spacial score (nSPS) is 17.1. The molecule has 0 aliphatic carbocycles. The van der Waals surface area contributed by atoms with E-state index in [0.29, 0.717) is 6.54 Å². The van der Waals surface area contributed by atoms with Gasteiger partial charge in [-0.1, -0.05) is 19.8 Å². The van der Waals surface area contributed by atoms with Gasteiger partial charge in [0.15, 0.2) is 0 Å². The molecule has 0 saturated carbocycles. The average molecular weight is 325 g/mol. The molecule has 1 aliphatic heterocycles. The second-order valence-electron chi connectivity index (χ2n) is 5.58. The number of nitrogens with zero attached hydrogens (tertiary/aromatic N) is 1. The average Bonchev–Trinajstić information content (AvgIpc) is 2.76. The summed E-state index contributed by atoms with van der Waals surface area (Å²) in [7, 11) is 0. The molecule has 1 unspecified atom stereocenters. The zero-order valence-corrected chi connectivity index (χ0v) is 13.9. The Morgan fingerprint density at radius 3 is 2.77 bits per heavy atom. The van der Waals surface area contributed by atoms with Gasteiger partial charge in [-0.25, -0.2) is 4.39 Å². The van der Waals surface area contributed by atoms with Crippen LogP contribution in [0.3, 0.4) is 0 Å². The number of benzene rings is 1. The maximum Gasteiger partial charge on any atom is 0.244 e. The second kappa shape index (κ2) is 8.53. The van der Waals surface area contributed by atoms with E-state index in [0.717, 1.165) is 49.1 Å². The predicted octanol–water partition coefficient (Wildman–Crippen LogP) is 3.91. The Bertz CT molecular complexity index is 509. The van der Waals surface area contributed by atoms with Crippen molar-refractivity contribution in [1.82, 2.24) is 0 Å². The van der Waals surface area contributed by atoms with Gasteiger partial charge >= 0.3 is 0 Å². The van der Waals surface area contributed by atoms with Crippen LogP contribution < -0.4 is 4.90 Å². The summed E-state index contributed by atoms with van der Waals surface area (Å²) in [6.45, 7) is 2.97. The molecular weight excluding hydrogens is 301 g/mol. The molecule has 1 heterocycles. The lowest BCUT2D eigenvalue weighted by Gasteiger charge is -2.16. The number of unbranched alkanes of at least 4 members (excludes halogenated alkanes) is 3. The van der Waals surface area contributed by atoms with Crippen molar-refractivity contribution in [2.24, 2.45) is 0 Å². The molecule has 22 heavy (non-hydrogen) atoms. The van der Waals surface area contributed by atoms with Gasteiger partial charge < -0.3 is 10.0 Å². The van der Waals surface area contributed by atoms with Crippen molar-refractivity contribution < 1.29 is 14.3 Å². The number of hydrogen-bond acceptors (Lipinski definition) is 3. The molecule has 1 atom stereocenters. The van der Waals surface area contributed by atoms with Crippen molar-refractivity contribution in [3.8, 4) is 0 Å². The van der Waals surface area contributed by atoms with E-state index in [4.69, 9.17) is 5.11 Å². The molecular formula is C17H24FNO2S. The van der Waals surface area contributed by atoms with Crippen molar-refractivity contribution in [1.29, 1.82) is 0 Å². The van der Waals surface area contributed by atoms with E-state index in [1.54, 1.807) is 22.7 Å². The van der Waals surface area contributed by atoms with Crippen LogP contribution in [0.15, 0.2) is 18.2 Å². The monoisotopic (exact) mass is 325 g/mol. The van der Waals surface area contributed by atoms with Crippen LogP contribution in [-0.2, 0) is 4.79 Å². The van der Waals surface area contributed by atoms with E-state index in [1.165, 1.54) is 12.1 Å². The Balaban J connectivity index is 1.99. The molecule has 0 saturated heterocycles. The largest absolute Gasteiger partial charge is 0.396 e. The number of hydrogen-bond donors (Lipinski definition) is 1. The van der Waals surface area contributed by atoms with Gasteiger partial charge in [-0.2, -0.15) is 0 Å². The minimum atomic E-state index is -0.279. The number of amides is 1. The van der Waals surface area contributed by atoms with Crippen LogP contribution in [0.4, 0.5) is 10.1 Å². The lowest BCUT2D eigenvalue weighted by molar-refractivity contribution is -0.117. The summed E-state index contributed by atoms with van der Waals surface area (Å²) in [4.78, 5) is 14.4. The molecule has 1 aromatic carbocycles. The van der Waals surface area contributed by atoms with Crippen LogP contribution in [0.25, 0.3) is 0 Å². The number of aliphatic hydroxyl groups is 1. The zero-order valence-electron chi connectivity index (χ0n) is 13.1. The topological polar surface area (TPSA) is 40.5 Å². The molecule has 0 fully saturated rings. The molecule has 0 radical (unpaired) electrons. The highest BCUT2D eigenvalue weighted by atomic mass is 32.2. The molecule has 5 heteroatoms. The molecule has 3 nitrogen and oxygen atoms in total. The molecule has 2 rings (SSSR count). The number of thioether (sulfide) groups is 1. The van der Waals surface area contributed by atoms with Crippen LogP contribution in [0.1, 0.15) is 49.8 Å². The Morgan fingerprint density at radius 2 is 2.05 bits per heavy atom. The summed E-state index contributed by atoms with van der Waals surface area (Å²) in [5, 5.41) is 8.49. The first-order valence-corrected chi connectivity index (χ1v) is 9.07. The molecule has 0 spiro atoms. The summed E-state index contributed by atoms with van der Waals surface area (Å²) in [5.41, 5.74) is 1.69. The van der Waals surface area contributed by atoms with E-state index >= 15 is 0 Å². The molecule has 0 aromatic heterocycles. The highest BCUT2D eigenvalue weighted by Crippen LogP contribution is 2.44. The Kier molecular flexibility index (Phi) is 6.70. The maximum atomic E-state index is 13.5. The first kappa shape index (κ1) is 17.3. The maximum absolute atomic E-state index is 13.5. The van der Waals surface area contributed by atoms with Gasteiger partial charge in [-0.3, -0.25) is 4.79 Å². The summed E-state index contributed by atoms with van der Waals surface area (Å²) in [6, 6.07) is 4.66. The Labute approximate surface area is 135 Å². The number of fused-ring (bicyclic) bond motifs is 1. The second-order valence-corrected chi connectivity index (χ2v) is 6.79. The van der Waals surface area contributed by atoms with Crippen LogP contribution in [0, 0.1) is 5.82 Å². The van der Waals surface area contributed by atoms with Crippen molar-refractivity contribution in [2.45, 2.75) is 44.3 Å². The molecule has 0 bridgehead atoms. The molecule has 1 aromatic rings.